The van der Waals surface area contributed by atoms with E-state index < -0.39 is 0 Å². The minimum absolute atomic E-state index is 0.151. The van der Waals surface area contributed by atoms with E-state index in [1.54, 1.807) is 7.11 Å². The third-order valence-electron chi connectivity index (χ3n) is 3.06. The number of ether oxygens (including phenoxy) is 1. The van der Waals surface area contributed by atoms with Gasteiger partial charge in [0.2, 0.25) is 0 Å². The molecule has 0 bridgehead atoms. The summed E-state index contributed by atoms with van der Waals surface area (Å²) in [6.07, 6.45) is 5.45. The first kappa shape index (κ1) is 15.0. The molecular weight excluding hydrogens is 229 g/mol. The van der Waals surface area contributed by atoms with E-state index in [1.165, 1.54) is 18.9 Å². The molecule has 0 saturated carbocycles. The Balaban J connectivity index is 2.19. The molecule has 1 aromatic rings. The smallest absolute Gasteiger partial charge is 0.130 e. The monoisotopic (exact) mass is 253 g/mol. The van der Waals surface area contributed by atoms with Crippen molar-refractivity contribution < 1.29 is 9.13 Å². The lowest BCUT2D eigenvalue weighted by atomic mass is 10.1. The number of nitrogens with one attached hydrogen (secondary N) is 1. The van der Waals surface area contributed by atoms with Crippen molar-refractivity contribution in [2.24, 2.45) is 0 Å². The first-order chi connectivity index (χ1) is 8.77. The largest absolute Gasteiger partial charge is 0.497 e. The Bertz CT molecular complexity index is 341. The maximum Gasteiger partial charge on any atom is 0.130 e. The summed E-state index contributed by atoms with van der Waals surface area (Å²) in [4.78, 5) is 0. The number of aryl methyl sites for hydroxylation is 1. The van der Waals surface area contributed by atoms with Crippen LogP contribution in [0.25, 0.3) is 0 Å². The van der Waals surface area contributed by atoms with Crippen LogP contribution in [0.4, 0.5) is 4.39 Å². The summed E-state index contributed by atoms with van der Waals surface area (Å²) < 4.78 is 18.6. The summed E-state index contributed by atoms with van der Waals surface area (Å²) in [5, 5.41) is 3.30. The second-order valence-electron chi connectivity index (χ2n) is 4.48. The van der Waals surface area contributed by atoms with Crippen LogP contribution in [0, 0.1) is 5.82 Å². The Morgan fingerprint density at radius 2 is 1.94 bits per heavy atom. The van der Waals surface area contributed by atoms with Crippen LogP contribution in [-0.2, 0) is 6.42 Å². The third kappa shape index (κ3) is 5.50. The summed E-state index contributed by atoms with van der Waals surface area (Å²) in [6.45, 7) is 4.25. The molecule has 0 radical (unpaired) electrons. The summed E-state index contributed by atoms with van der Waals surface area (Å²) in [5.41, 5.74) is 0.794. The third-order valence-corrected chi connectivity index (χ3v) is 3.06. The molecule has 0 aliphatic carbocycles. The molecule has 0 unspecified atom stereocenters. The topological polar surface area (TPSA) is 21.3 Å². The van der Waals surface area contributed by atoms with Gasteiger partial charge >= 0.3 is 0 Å². The van der Waals surface area contributed by atoms with Crippen molar-refractivity contribution in [3.63, 3.8) is 0 Å². The molecule has 102 valence electrons. The van der Waals surface area contributed by atoms with Crippen LogP contribution in [0.3, 0.4) is 0 Å². The summed E-state index contributed by atoms with van der Waals surface area (Å²) >= 11 is 0. The van der Waals surface area contributed by atoms with Gasteiger partial charge < -0.3 is 10.1 Å². The molecule has 0 aliphatic rings. The fourth-order valence-corrected chi connectivity index (χ4v) is 1.95. The summed E-state index contributed by atoms with van der Waals surface area (Å²) in [5.74, 6) is 0.434. The molecule has 0 saturated heterocycles. The lowest BCUT2D eigenvalue weighted by Gasteiger charge is -2.06. The minimum atomic E-state index is -0.151. The van der Waals surface area contributed by atoms with Crippen LogP contribution in [0.15, 0.2) is 18.2 Å². The van der Waals surface area contributed by atoms with Gasteiger partial charge in [-0.1, -0.05) is 25.8 Å². The van der Waals surface area contributed by atoms with E-state index in [4.69, 9.17) is 4.74 Å². The number of rotatable bonds is 9. The number of halogens is 1. The van der Waals surface area contributed by atoms with Crippen molar-refractivity contribution in [2.45, 2.75) is 39.0 Å². The van der Waals surface area contributed by atoms with Crippen molar-refractivity contribution in [1.29, 1.82) is 0 Å². The fourth-order valence-electron chi connectivity index (χ4n) is 1.95. The lowest BCUT2D eigenvalue weighted by molar-refractivity contribution is 0.410. The number of unbranched alkanes of at least 4 members (excludes halogenated alkanes) is 3. The van der Waals surface area contributed by atoms with Gasteiger partial charge in [0.15, 0.2) is 0 Å². The Hall–Kier alpha value is -1.09. The fraction of sp³-hybridized carbons (Fsp3) is 0.600. The van der Waals surface area contributed by atoms with Crippen LogP contribution >= 0.6 is 0 Å². The van der Waals surface area contributed by atoms with Crippen LogP contribution in [0.1, 0.15) is 38.2 Å². The average molecular weight is 253 g/mol. The maximum atomic E-state index is 13.6. The molecule has 18 heavy (non-hydrogen) atoms. The van der Waals surface area contributed by atoms with E-state index in [-0.39, 0.29) is 5.82 Å². The average Bonchev–Trinajstić information content (AvgIpc) is 2.39. The van der Waals surface area contributed by atoms with Gasteiger partial charge in [0.05, 0.1) is 7.11 Å². The maximum absolute atomic E-state index is 13.6. The van der Waals surface area contributed by atoms with Crippen molar-refractivity contribution in [3.8, 4) is 5.75 Å². The first-order valence-corrected chi connectivity index (χ1v) is 6.81. The van der Waals surface area contributed by atoms with Crippen LogP contribution in [0.5, 0.6) is 5.75 Å². The Labute approximate surface area is 110 Å². The van der Waals surface area contributed by atoms with Crippen LogP contribution in [-0.4, -0.2) is 20.2 Å². The van der Waals surface area contributed by atoms with E-state index in [0.29, 0.717) is 5.75 Å². The lowest BCUT2D eigenvalue weighted by Crippen LogP contribution is -2.13. The molecule has 3 heteroatoms. The highest BCUT2D eigenvalue weighted by atomic mass is 19.1. The minimum Gasteiger partial charge on any atom is -0.497 e. The van der Waals surface area contributed by atoms with E-state index in [0.717, 1.165) is 37.9 Å². The highest BCUT2D eigenvalue weighted by Crippen LogP contribution is 2.18. The molecule has 0 atom stereocenters. The molecular formula is C15H24FNO. The number of hydrogen-bond donors (Lipinski definition) is 1. The predicted octanol–water partition coefficient (Wildman–Crippen LogP) is 3.55. The highest BCUT2D eigenvalue weighted by molar-refractivity contribution is 5.28. The van der Waals surface area contributed by atoms with Crippen LogP contribution < -0.4 is 10.1 Å². The van der Waals surface area contributed by atoms with E-state index in [9.17, 15) is 4.39 Å². The van der Waals surface area contributed by atoms with Gasteiger partial charge in [0.1, 0.15) is 11.6 Å². The number of methoxy groups -OCH3 is 1. The summed E-state index contributed by atoms with van der Waals surface area (Å²) in [7, 11) is 1.55. The van der Waals surface area contributed by atoms with Crippen molar-refractivity contribution in [2.75, 3.05) is 20.2 Å². The van der Waals surface area contributed by atoms with Crippen molar-refractivity contribution in [3.05, 3.63) is 29.6 Å². The second kappa shape index (κ2) is 8.92. The zero-order valence-corrected chi connectivity index (χ0v) is 11.5. The molecule has 0 aromatic heterocycles. The summed E-state index contributed by atoms with van der Waals surface area (Å²) in [6, 6.07) is 5.11. The van der Waals surface area contributed by atoms with Gasteiger partial charge in [0.25, 0.3) is 0 Å². The van der Waals surface area contributed by atoms with Gasteiger partial charge in [-0.05, 0) is 44.0 Å². The van der Waals surface area contributed by atoms with Crippen LogP contribution in [0.2, 0.25) is 0 Å². The Kier molecular flexibility index (Phi) is 7.42. The molecule has 1 rings (SSSR count). The SMILES string of the molecule is CCNCCCCCCc1ccc(OC)cc1F. The molecule has 1 aromatic carbocycles. The Morgan fingerprint density at radius 3 is 2.61 bits per heavy atom. The molecule has 0 spiro atoms. The van der Waals surface area contributed by atoms with Gasteiger partial charge in [0, 0.05) is 6.07 Å². The molecule has 0 amide bonds. The van der Waals surface area contributed by atoms with Gasteiger partial charge in [-0.3, -0.25) is 0 Å². The molecule has 2 nitrogen and oxygen atoms in total. The zero-order valence-electron chi connectivity index (χ0n) is 11.5. The van der Waals surface area contributed by atoms with Gasteiger partial charge in [-0.15, -0.1) is 0 Å². The van der Waals surface area contributed by atoms with Crippen molar-refractivity contribution in [1.82, 2.24) is 5.32 Å². The van der Waals surface area contributed by atoms with Crippen molar-refractivity contribution >= 4 is 0 Å². The van der Waals surface area contributed by atoms with E-state index >= 15 is 0 Å². The molecule has 0 heterocycles. The number of benzene rings is 1. The van der Waals surface area contributed by atoms with E-state index in [2.05, 4.69) is 12.2 Å². The Morgan fingerprint density at radius 1 is 1.17 bits per heavy atom. The predicted molar refractivity (Wildman–Crippen MR) is 73.7 cm³/mol. The highest BCUT2D eigenvalue weighted by Gasteiger charge is 2.03. The molecule has 1 N–H and O–H groups in total. The molecule has 0 fully saturated rings. The van der Waals surface area contributed by atoms with Gasteiger partial charge in [-0.25, -0.2) is 4.39 Å². The molecule has 0 aliphatic heterocycles. The standard InChI is InChI=1S/C15H24FNO/c1-3-17-11-7-5-4-6-8-13-9-10-14(18-2)12-15(13)16/h9-10,12,17H,3-8,11H2,1-2H3. The van der Waals surface area contributed by atoms with Gasteiger partial charge in [-0.2, -0.15) is 0 Å². The normalized spacial score (nSPS) is 10.6. The van der Waals surface area contributed by atoms with E-state index in [1.807, 2.05) is 12.1 Å². The quantitative estimate of drug-likeness (QED) is 0.680. The first-order valence-electron chi connectivity index (χ1n) is 6.81. The second-order valence-corrected chi connectivity index (χ2v) is 4.48. The number of hydrogen-bond acceptors (Lipinski definition) is 2. The zero-order chi connectivity index (χ0) is 13.2.